The van der Waals surface area contributed by atoms with Crippen molar-refractivity contribution in [1.29, 1.82) is 0 Å². The monoisotopic (exact) mass is 355 g/mol. The minimum absolute atomic E-state index is 0.0582. The average Bonchev–Trinajstić information content (AvgIpc) is 3.28. The Bertz CT molecular complexity index is 801. The third-order valence-electron chi connectivity index (χ3n) is 5.65. The van der Waals surface area contributed by atoms with E-state index in [1.165, 1.54) is 0 Å². The molecule has 1 saturated carbocycles. The fourth-order valence-corrected chi connectivity index (χ4v) is 4.36. The second-order valence-corrected chi connectivity index (χ2v) is 8.08. The van der Waals surface area contributed by atoms with E-state index in [1.54, 1.807) is 12.4 Å². The number of aromatic nitrogens is 4. The van der Waals surface area contributed by atoms with E-state index in [-0.39, 0.29) is 11.3 Å². The third-order valence-corrected chi connectivity index (χ3v) is 5.65. The molecule has 2 aliphatic rings. The van der Waals surface area contributed by atoms with Crippen LogP contribution in [0.2, 0.25) is 0 Å². The highest BCUT2D eigenvalue weighted by molar-refractivity contribution is 5.92. The SMILES string of the molecule is Cc1cnc(C(=O)N2C[C@H]3CCC[C@@]3(c3noc(CC(C)C)n3)C2)cn1. The van der Waals surface area contributed by atoms with Crippen LogP contribution in [0.4, 0.5) is 0 Å². The first-order valence-electron chi connectivity index (χ1n) is 9.39. The lowest BCUT2D eigenvalue weighted by molar-refractivity contribution is 0.0770. The molecular weight excluding hydrogens is 330 g/mol. The van der Waals surface area contributed by atoms with Crippen LogP contribution in [-0.4, -0.2) is 44.0 Å². The zero-order valence-corrected chi connectivity index (χ0v) is 15.6. The van der Waals surface area contributed by atoms with Gasteiger partial charge in [-0.25, -0.2) is 4.98 Å². The number of nitrogens with zero attached hydrogens (tertiary/aromatic N) is 5. The van der Waals surface area contributed by atoms with Gasteiger partial charge < -0.3 is 9.42 Å². The summed E-state index contributed by atoms with van der Waals surface area (Å²) in [5.74, 6) is 2.28. The highest BCUT2D eigenvalue weighted by Crippen LogP contribution is 2.49. The molecule has 1 saturated heterocycles. The Hall–Kier alpha value is -2.31. The van der Waals surface area contributed by atoms with Gasteiger partial charge in [0.25, 0.3) is 5.91 Å². The maximum absolute atomic E-state index is 12.9. The highest BCUT2D eigenvalue weighted by atomic mass is 16.5. The Balaban J connectivity index is 1.57. The first kappa shape index (κ1) is 17.1. The van der Waals surface area contributed by atoms with Gasteiger partial charge in [-0.15, -0.1) is 0 Å². The molecule has 1 aliphatic carbocycles. The molecule has 3 heterocycles. The number of rotatable bonds is 4. The lowest BCUT2D eigenvalue weighted by Gasteiger charge is -2.24. The van der Waals surface area contributed by atoms with Crippen molar-refractivity contribution in [1.82, 2.24) is 25.0 Å². The van der Waals surface area contributed by atoms with Gasteiger partial charge in [0.15, 0.2) is 5.82 Å². The van der Waals surface area contributed by atoms with Crippen molar-refractivity contribution >= 4 is 5.91 Å². The van der Waals surface area contributed by atoms with E-state index in [0.717, 1.165) is 43.7 Å². The summed E-state index contributed by atoms with van der Waals surface area (Å²) in [5.41, 5.74) is 1.03. The molecule has 7 nitrogen and oxygen atoms in total. The van der Waals surface area contributed by atoms with Crippen LogP contribution in [0.5, 0.6) is 0 Å². The summed E-state index contributed by atoms with van der Waals surface area (Å²) in [6.45, 7) is 7.49. The number of aryl methyl sites for hydroxylation is 1. The molecule has 0 N–H and O–H groups in total. The molecule has 1 amide bonds. The van der Waals surface area contributed by atoms with Crippen LogP contribution >= 0.6 is 0 Å². The maximum Gasteiger partial charge on any atom is 0.274 e. The van der Waals surface area contributed by atoms with Crippen molar-refractivity contribution in [3.8, 4) is 0 Å². The maximum atomic E-state index is 12.9. The van der Waals surface area contributed by atoms with E-state index in [4.69, 9.17) is 9.51 Å². The zero-order valence-electron chi connectivity index (χ0n) is 15.6. The van der Waals surface area contributed by atoms with Gasteiger partial charge in [-0.2, -0.15) is 4.98 Å². The fourth-order valence-electron chi connectivity index (χ4n) is 4.36. The molecule has 138 valence electrons. The standard InChI is InChI=1S/C19H25N5O2/c1-12(2)7-16-22-18(23-26-16)19-6-4-5-14(19)10-24(11-19)17(25)15-9-20-13(3)8-21-15/h8-9,12,14H,4-7,10-11H2,1-3H3/t14-,19-/m1/s1. The van der Waals surface area contributed by atoms with Crippen LogP contribution in [0, 0.1) is 18.8 Å². The number of hydrogen-bond acceptors (Lipinski definition) is 6. The van der Waals surface area contributed by atoms with Crippen LogP contribution in [-0.2, 0) is 11.8 Å². The van der Waals surface area contributed by atoms with Crippen LogP contribution in [0.25, 0.3) is 0 Å². The molecule has 0 unspecified atom stereocenters. The molecule has 2 atom stereocenters. The van der Waals surface area contributed by atoms with E-state index in [1.807, 2.05) is 11.8 Å². The number of amides is 1. The molecule has 0 bridgehead atoms. The zero-order chi connectivity index (χ0) is 18.3. The van der Waals surface area contributed by atoms with Gasteiger partial charge >= 0.3 is 0 Å². The number of carbonyl (C=O) groups is 1. The summed E-state index contributed by atoms with van der Waals surface area (Å²) in [6, 6.07) is 0. The van der Waals surface area contributed by atoms with E-state index in [0.29, 0.717) is 30.0 Å². The molecule has 7 heteroatoms. The van der Waals surface area contributed by atoms with E-state index in [9.17, 15) is 4.79 Å². The molecule has 0 radical (unpaired) electrons. The summed E-state index contributed by atoms with van der Waals surface area (Å²) in [5, 5.41) is 4.31. The number of likely N-dealkylation sites (tertiary alicyclic amines) is 1. The minimum Gasteiger partial charge on any atom is -0.339 e. The molecule has 1 aliphatic heterocycles. The molecular formula is C19H25N5O2. The van der Waals surface area contributed by atoms with Crippen molar-refractivity contribution in [3.63, 3.8) is 0 Å². The number of hydrogen-bond donors (Lipinski definition) is 0. The molecule has 26 heavy (non-hydrogen) atoms. The van der Waals surface area contributed by atoms with Crippen molar-refractivity contribution in [2.45, 2.75) is 51.9 Å². The predicted molar refractivity (Wildman–Crippen MR) is 94.5 cm³/mol. The van der Waals surface area contributed by atoms with Gasteiger partial charge in [0.1, 0.15) is 5.69 Å². The Morgan fingerprint density at radius 1 is 1.38 bits per heavy atom. The first-order chi connectivity index (χ1) is 12.5. The van der Waals surface area contributed by atoms with Crippen molar-refractivity contribution < 1.29 is 9.32 Å². The van der Waals surface area contributed by atoms with Crippen molar-refractivity contribution in [2.24, 2.45) is 11.8 Å². The Labute approximate surface area is 153 Å². The van der Waals surface area contributed by atoms with Gasteiger partial charge in [0.05, 0.1) is 17.3 Å². The average molecular weight is 355 g/mol. The molecule has 2 fully saturated rings. The van der Waals surface area contributed by atoms with Crippen LogP contribution < -0.4 is 0 Å². The summed E-state index contributed by atoms with van der Waals surface area (Å²) < 4.78 is 5.50. The summed E-state index contributed by atoms with van der Waals surface area (Å²) >= 11 is 0. The summed E-state index contributed by atoms with van der Waals surface area (Å²) in [7, 11) is 0. The molecule has 0 spiro atoms. The quantitative estimate of drug-likeness (QED) is 0.838. The van der Waals surface area contributed by atoms with Gasteiger partial charge in [0, 0.05) is 25.7 Å². The third kappa shape index (κ3) is 2.89. The molecule has 0 aromatic carbocycles. The van der Waals surface area contributed by atoms with Crippen LogP contribution in [0.1, 0.15) is 61.0 Å². The van der Waals surface area contributed by atoms with E-state index < -0.39 is 0 Å². The number of fused-ring (bicyclic) bond motifs is 1. The largest absolute Gasteiger partial charge is 0.339 e. The van der Waals surface area contributed by atoms with Crippen LogP contribution in [0.3, 0.4) is 0 Å². The lowest BCUT2D eigenvalue weighted by Crippen LogP contribution is -2.35. The highest BCUT2D eigenvalue weighted by Gasteiger charge is 2.54. The van der Waals surface area contributed by atoms with Gasteiger partial charge in [-0.1, -0.05) is 25.4 Å². The number of carbonyl (C=O) groups excluding carboxylic acids is 1. The molecule has 2 aromatic heterocycles. The topological polar surface area (TPSA) is 85.0 Å². The predicted octanol–water partition coefficient (Wildman–Crippen LogP) is 2.56. The first-order valence-corrected chi connectivity index (χ1v) is 9.39. The van der Waals surface area contributed by atoms with Gasteiger partial charge in [-0.05, 0) is 31.6 Å². The van der Waals surface area contributed by atoms with Gasteiger partial charge in [-0.3, -0.25) is 9.78 Å². The molecule has 2 aromatic rings. The second-order valence-electron chi connectivity index (χ2n) is 8.08. The second kappa shape index (κ2) is 6.45. The van der Waals surface area contributed by atoms with Gasteiger partial charge in [0.2, 0.25) is 5.89 Å². The smallest absolute Gasteiger partial charge is 0.274 e. The van der Waals surface area contributed by atoms with Crippen molar-refractivity contribution in [2.75, 3.05) is 13.1 Å². The van der Waals surface area contributed by atoms with E-state index >= 15 is 0 Å². The molecule has 4 rings (SSSR count). The van der Waals surface area contributed by atoms with E-state index in [2.05, 4.69) is 29.0 Å². The minimum atomic E-state index is -0.174. The summed E-state index contributed by atoms with van der Waals surface area (Å²) in [6.07, 6.45) is 7.23. The Morgan fingerprint density at radius 3 is 2.96 bits per heavy atom. The fraction of sp³-hybridized carbons (Fsp3) is 0.632. The Morgan fingerprint density at radius 2 is 2.23 bits per heavy atom. The normalized spacial score (nSPS) is 25.1. The van der Waals surface area contributed by atoms with Crippen molar-refractivity contribution in [3.05, 3.63) is 35.5 Å². The lowest BCUT2D eigenvalue weighted by atomic mass is 9.80. The van der Waals surface area contributed by atoms with Crippen LogP contribution in [0.15, 0.2) is 16.9 Å². The summed E-state index contributed by atoms with van der Waals surface area (Å²) in [4.78, 5) is 27.9. The Kier molecular flexibility index (Phi) is 4.25.